The highest BCUT2D eigenvalue weighted by Gasteiger charge is 2.26. The van der Waals surface area contributed by atoms with Gasteiger partial charge in [0.2, 0.25) is 5.91 Å². The molecule has 0 heterocycles. The molecule has 0 saturated heterocycles. The van der Waals surface area contributed by atoms with E-state index in [9.17, 15) is 18.7 Å². The summed E-state index contributed by atoms with van der Waals surface area (Å²) in [5, 5.41) is 6.55. The normalized spacial score (nSPS) is 15.6. The second-order valence-corrected chi connectivity index (χ2v) is 13.9. The Kier molecular flexibility index (Phi) is 13.2. The molecule has 0 spiro atoms. The Balaban J connectivity index is 3.01. The van der Waals surface area contributed by atoms with Crippen molar-refractivity contribution in [2.24, 2.45) is 28.6 Å². The molecule has 0 aromatic heterocycles. The molecule has 1 unspecified atom stereocenters. The van der Waals surface area contributed by atoms with Crippen molar-refractivity contribution in [1.82, 2.24) is 5.32 Å². The average Bonchev–Trinajstić information content (AvgIpc) is 2.78. The summed E-state index contributed by atoms with van der Waals surface area (Å²) in [6, 6.07) is 5.04. The van der Waals surface area contributed by atoms with Gasteiger partial charge >= 0.3 is 0 Å². The molecule has 212 valence electrons. The third-order valence-corrected chi connectivity index (χ3v) is 7.36. The number of nitrogens with zero attached hydrogens (tertiary/aromatic N) is 2. The van der Waals surface area contributed by atoms with Crippen molar-refractivity contribution in [3.05, 3.63) is 34.9 Å². The Hall–Kier alpha value is -2.00. The number of nitrogens with one attached hydrogen (secondary N) is 1. The van der Waals surface area contributed by atoms with Crippen molar-refractivity contribution in [1.29, 1.82) is 0 Å². The molecule has 1 rings (SSSR count). The zero-order valence-electron chi connectivity index (χ0n) is 24.1. The molecule has 0 aliphatic rings. The summed E-state index contributed by atoms with van der Waals surface area (Å²) in [4.78, 5) is 12.4. The summed E-state index contributed by atoms with van der Waals surface area (Å²) in [5.41, 5.74) is 18.0. The van der Waals surface area contributed by atoms with Crippen LogP contribution >= 0.6 is 0 Å². The Morgan fingerprint density at radius 1 is 1.19 bits per heavy atom. The van der Waals surface area contributed by atoms with Gasteiger partial charge in [0, 0.05) is 30.8 Å². The van der Waals surface area contributed by atoms with Crippen molar-refractivity contribution >= 4 is 15.7 Å². The monoisotopic (exact) mass is 537 g/mol. The lowest BCUT2D eigenvalue weighted by atomic mass is 9.80. The van der Waals surface area contributed by atoms with Gasteiger partial charge in [-0.3, -0.25) is 4.79 Å². The second kappa shape index (κ2) is 14.8. The number of hydrogen-bond donors (Lipinski definition) is 2. The van der Waals surface area contributed by atoms with E-state index in [0.29, 0.717) is 31.6 Å². The van der Waals surface area contributed by atoms with E-state index < -0.39 is 21.9 Å². The fraction of sp³-hybridized carbons (Fsp3) is 0.750. The van der Waals surface area contributed by atoms with Crippen LogP contribution in [0.5, 0.6) is 5.75 Å². The van der Waals surface area contributed by atoms with Crippen molar-refractivity contribution in [3.63, 3.8) is 0 Å². The molecule has 9 heteroatoms. The molecule has 1 amide bonds. The fourth-order valence-corrected chi connectivity index (χ4v) is 4.69. The minimum absolute atomic E-state index is 0.0263. The molecule has 37 heavy (non-hydrogen) atoms. The van der Waals surface area contributed by atoms with E-state index in [1.54, 1.807) is 0 Å². The SMILES string of the molecule is CCCCNC(=O)C(C)C[C@H](N)[C@H](C[C@H](Cc1ccc(C(C)(C)C)c(OCS(C)(=O)=O)c1)C(C)C)N=[N-]. The van der Waals surface area contributed by atoms with Crippen LogP contribution in [-0.2, 0) is 26.5 Å². The van der Waals surface area contributed by atoms with Crippen molar-refractivity contribution in [2.75, 3.05) is 18.7 Å². The summed E-state index contributed by atoms with van der Waals surface area (Å²) < 4.78 is 29.2. The predicted octanol–water partition coefficient (Wildman–Crippen LogP) is 5.23. The molecule has 0 fully saturated rings. The van der Waals surface area contributed by atoms with Gasteiger partial charge in [-0.2, -0.15) is 0 Å². The fourth-order valence-electron chi connectivity index (χ4n) is 4.35. The molecule has 0 radical (unpaired) electrons. The maximum atomic E-state index is 12.4. The third kappa shape index (κ3) is 11.9. The number of sulfone groups is 1. The molecule has 0 aliphatic carbocycles. The summed E-state index contributed by atoms with van der Waals surface area (Å²) in [6.07, 6.45) is 4.80. The number of carbonyl (C=O) groups excluding carboxylic acids is 1. The zero-order valence-corrected chi connectivity index (χ0v) is 24.9. The standard InChI is InChI=1S/C28H49N4O4S/c1-9-10-13-31-27(33)20(4)14-24(29)25(32-30)17-22(19(2)3)15-21-11-12-23(28(5,6)7)26(16-21)36-18-37(8,34)35/h11-12,16,19-20,22,24-25H,9-10,13-15,17-18,29H2,1-8H3,(H,31,33)/q-1/t20?,22-,24-,25-/m0/s1. The van der Waals surface area contributed by atoms with Gasteiger partial charge < -0.3 is 26.4 Å². The second-order valence-electron chi connectivity index (χ2n) is 11.8. The Morgan fingerprint density at radius 3 is 2.35 bits per heavy atom. The van der Waals surface area contributed by atoms with E-state index in [1.165, 1.54) is 0 Å². The summed E-state index contributed by atoms with van der Waals surface area (Å²) in [6.45, 7) is 15.0. The minimum Gasteiger partial charge on any atom is -0.712 e. The number of amides is 1. The number of carbonyl (C=O) groups is 1. The van der Waals surface area contributed by atoms with Gasteiger partial charge in [0.05, 0.1) is 0 Å². The highest BCUT2D eigenvalue weighted by Crippen LogP contribution is 2.34. The largest absolute Gasteiger partial charge is 0.712 e. The van der Waals surface area contributed by atoms with Gasteiger partial charge in [-0.05, 0) is 60.1 Å². The Morgan fingerprint density at radius 2 is 1.84 bits per heavy atom. The maximum absolute atomic E-state index is 12.4. The van der Waals surface area contributed by atoms with E-state index in [1.807, 2.05) is 19.1 Å². The molecule has 3 N–H and O–H groups in total. The van der Waals surface area contributed by atoms with E-state index >= 15 is 0 Å². The first-order valence-electron chi connectivity index (χ1n) is 13.4. The summed E-state index contributed by atoms with van der Waals surface area (Å²) >= 11 is 0. The van der Waals surface area contributed by atoms with Crippen molar-refractivity contribution < 1.29 is 17.9 Å². The highest BCUT2D eigenvalue weighted by atomic mass is 32.2. The number of benzene rings is 1. The zero-order chi connectivity index (χ0) is 28.4. The Labute approximate surface area is 224 Å². The van der Waals surface area contributed by atoms with Crippen LogP contribution < -0.4 is 15.8 Å². The summed E-state index contributed by atoms with van der Waals surface area (Å²) in [7, 11) is -3.29. The van der Waals surface area contributed by atoms with E-state index in [-0.39, 0.29) is 35.0 Å². The molecule has 8 nitrogen and oxygen atoms in total. The van der Waals surface area contributed by atoms with Gasteiger partial charge in [-0.25, -0.2) is 8.42 Å². The number of rotatable bonds is 16. The highest BCUT2D eigenvalue weighted by molar-refractivity contribution is 7.90. The smallest absolute Gasteiger partial charge is 0.222 e. The van der Waals surface area contributed by atoms with E-state index in [2.05, 4.69) is 58.0 Å². The summed E-state index contributed by atoms with van der Waals surface area (Å²) in [5.74, 6) is 0.339. The topological polar surface area (TPSA) is 133 Å². The molecule has 0 aliphatic heterocycles. The first-order valence-corrected chi connectivity index (χ1v) is 15.5. The molecule has 1 aromatic rings. The molecule has 4 atom stereocenters. The predicted molar refractivity (Wildman–Crippen MR) is 151 cm³/mol. The molecule has 0 bridgehead atoms. The minimum atomic E-state index is -3.29. The number of ether oxygens (including phenoxy) is 1. The lowest BCUT2D eigenvalue weighted by Gasteiger charge is -2.31. The van der Waals surface area contributed by atoms with Crippen LogP contribution in [0.3, 0.4) is 0 Å². The van der Waals surface area contributed by atoms with Crippen LogP contribution in [0.15, 0.2) is 23.3 Å². The van der Waals surface area contributed by atoms with E-state index in [0.717, 1.165) is 30.2 Å². The quantitative estimate of drug-likeness (QED) is 0.220. The Bertz CT molecular complexity index is 973. The van der Waals surface area contributed by atoms with Crippen LogP contribution in [0, 0.1) is 17.8 Å². The van der Waals surface area contributed by atoms with Crippen LogP contribution in [0.4, 0.5) is 0 Å². The molecule has 1 aromatic carbocycles. The lowest BCUT2D eigenvalue weighted by Crippen LogP contribution is -2.40. The van der Waals surface area contributed by atoms with Crippen LogP contribution in [0.2, 0.25) is 0 Å². The first kappa shape index (κ1) is 33.0. The third-order valence-electron chi connectivity index (χ3n) is 6.81. The molecular weight excluding hydrogens is 488 g/mol. The number of unbranched alkanes of at least 4 members (excludes halogenated alkanes) is 1. The lowest BCUT2D eigenvalue weighted by molar-refractivity contribution is -0.124. The van der Waals surface area contributed by atoms with Gasteiger partial charge in [-0.15, -0.1) is 0 Å². The van der Waals surface area contributed by atoms with Crippen molar-refractivity contribution in [2.45, 2.75) is 98.1 Å². The number of hydrogen-bond acceptors (Lipinski definition) is 6. The molecule has 0 saturated carbocycles. The van der Waals surface area contributed by atoms with Crippen LogP contribution in [0.25, 0.3) is 5.53 Å². The van der Waals surface area contributed by atoms with Gasteiger partial charge in [0.1, 0.15) is 5.75 Å². The van der Waals surface area contributed by atoms with Crippen molar-refractivity contribution in [3.8, 4) is 5.75 Å². The number of nitrogens with two attached hydrogens (primary N) is 1. The van der Waals surface area contributed by atoms with E-state index in [4.69, 9.17) is 10.5 Å². The molecular formula is C28H49N4O4S-. The van der Waals surface area contributed by atoms with Crippen LogP contribution in [-0.4, -0.2) is 45.1 Å². The maximum Gasteiger partial charge on any atom is 0.222 e. The van der Waals surface area contributed by atoms with Gasteiger partial charge in [0.15, 0.2) is 15.8 Å². The first-order chi connectivity index (χ1) is 17.1. The average molecular weight is 538 g/mol. The van der Waals surface area contributed by atoms with Crippen LogP contribution in [0.1, 0.15) is 85.3 Å². The van der Waals surface area contributed by atoms with Gasteiger partial charge in [-0.1, -0.05) is 67.0 Å². The van der Waals surface area contributed by atoms with Gasteiger partial charge in [0.25, 0.3) is 0 Å².